The zero-order valence-corrected chi connectivity index (χ0v) is 71.5. The van der Waals surface area contributed by atoms with Gasteiger partial charge in [-0.2, -0.15) is 13.0 Å². The van der Waals surface area contributed by atoms with Crippen molar-refractivity contribution in [3.63, 3.8) is 0 Å². The molecule has 4 aromatic rings. The van der Waals surface area contributed by atoms with Gasteiger partial charge in [-0.25, -0.2) is 4.79 Å². The van der Waals surface area contributed by atoms with Crippen molar-refractivity contribution in [2.75, 3.05) is 103 Å². The summed E-state index contributed by atoms with van der Waals surface area (Å²) in [5.41, 5.74) is 36.4. The summed E-state index contributed by atoms with van der Waals surface area (Å²) in [6.07, 6.45) is 35.9. The minimum atomic E-state index is -4.30. The number of nitrogens with zero attached hydrogens (tertiary/aromatic N) is 13. The number of carbonyl (C=O) groups is 3. The fourth-order valence-electron chi connectivity index (χ4n) is 16.2. The number of aromatic hydroxyl groups is 1. The first-order valence-corrected chi connectivity index (χ1v) is 44.5. The molecule has 3 aliphatic heterocycles. The summed E-state index contributed by atoms with van der Waals surface area (Å²) in [6.45, 7) is 18.6. The first kappa shape index (κ1) is 98.9. The number of carboxylic acids is 1. The average molecular weight is 1700 g/mol. The molecule has 1 radical (unpaired) electrons. The number of unbranched alkanes of at least 4 members (excludes halogenated alkanes) is 3. The normalized spacial score (nSPS) is 18.3. The third kappa shape index (κ3) is 33.6. The van der Waals surface area contributed by atoms with Crippen molar-refractivity contribution >= 4 is 69.2 Å². The Morgan fingerprint density at radius 2 is 1.36 bits per heavy atom. The molecule has 116 heavy (non-hydrogen) atoms. The molecule has 1 atom stereocenters. The summed E-state index contributed by atoms with van der Waals surface area (Å²) in [7, 11) is -6.42. The molecule has 10 rings (SSSR count). The second-order valence-corrected chi connectivity index (χ2v) is 34.8. The van der Waals surface area contributed by atoms with Gasteiger partial charge in [0, 0.05) is 145 Å². The Morgan fingerprint density at radius 1 is 0.733 bits per heavy atom. The second kappa shape index (κ2) is 51.6. The summed E-state index contributed by atoms with van der Waals surface area (Å²) in [5.74, 6) is 1.46. The first-order valence-electron chi connectivity index (χ1n) is 41.3. The molecule has 3 aliphatic carbocycles. The van der Waals surface area contributed by atoms with E-state index in [2.05, 4.69) is 132 Å². The Kier molecular flexibility index (Phi) is 44.0. The second-order valence-electron chi connectivity index (χ2n) is 31.8. The molecule has 4 fully saturated rings. The molecule has 31 nitrogen and oxygen atoms in total. The molecule has 1 saturated heterocycles. The Morgan fingerprint density at radius 3 is 1.97 bits per heavy atom. The number of benzene rings is 3. The molecule has 34 heteroatoms. The van der Waals surface area contributed by atoms with Crippen LogP contribution < -0.4 is 37.5 Å². The van der Waals surface area contributed by atoms with Crippen molar-refractivity contribution in [1.82, 2.24) is 31.1 Å². The van der Waals surface area contributed by atoms with E-state index < -0.39 is 40.8 Å². The zero-order valence-electron chi connectivity index (χ0n) is 68.9. The van der Waals surface area contributed by atoms with E-state index in [4.69, 9.17) is 31.9 Å². The Hall–Kier alpha value is -7.66. The van der Waals surface area contributed by atoms with Crippen molar-refractivity contribution in [1.29, 1.82) is 0 Å². The molecule has 1 unspecified atom stereocenters. The van der Waals surface area contributed by atoms with Crippen molar-refractivity contribution < 1.29 is 78.0 Å². The van der Waals surface area contributed by atoms with Gasteiger partial charge in [0.1, 0.15) is 36.4 Å². The van der Waals surface area contributed by atoms with Crippen LogP contribution in [-0.2, 0) is 57.0 Å². The van der Waals surface area contributed by atoms with E-state index in [1.807, 2.05) is 11.9 Å². The number of fused-ring (bicyclic) bond motifs is 3. The number of carbonyl (C=O) groups excluding carboxylic acids is 2. The third-order valence-corrected chi connectivity index (χ3v) is 23.9. The van der Waals surface area contributed by atoms with Gasteiger partial charge in [0.15, 0.2) is 5.71 Å². The van der Waals surface area contributed by atoms with Crippen LogP contribution in [0, 0.1) is 18.8 Å². The van der Waals surface area contributed by atoms with Crippen molar-refractivity contribution in [2.45, 2.75) is 236 Å². The number of nitrogens with one attached hydrogen (secondary N) is 4. The fraction of sp³-hybridized carbons (Fsp3) is 0.646. The number of hydrogen-bond donors (Lipinski definition) is 10. The molecule has 3 aromatic carbocycles. The van der Waals surface area contributed by atoms with E-state index in [9.17, 15) is 51.6 Å². The summed E-state index contributed by atoms with van der Waals surface area (Å²) in [5, 5.41) is 42.3. The summed E-state index contributed by atoms with van der Waals surface area (Å²) in [6, 6.07) is 16.8. The molecule has 4 heterocycles. The third-order valence-electron chi connectivity index (χ3n) is 22.3. The molecule has 643 valence electrons. The molecular formula is C82H128CuN18O13PS+3. The number of amides is 2. The number of allylic oxidation sites excluding steroid dienone is 4. The summed E-state index contributed by atoms with van der Waals surface area (Å²) >= 11 is 0. The standard InChI is InChI=1S/C34H44N6O4S.C21H45N6O6P.C12H22.C9H5N3O3.C6H11N3.Cu/c1-24-15-17-29-26(22-24)34(4,5)31(40(29)21-9-7-8-14-32(41)36-19-11-20-37-38-35)13-10-12-30-33(2,3)27-23-25(45(42,43)44)16-18-28(27)39(30)6;22-8-3-7-20(28)25-11-2-1-6-19(21(29)30)27-15-5-10-23-12-16-26(18-34(31,32)33)14-4-9-24-13-17-27;1-3-7-11(8-4-1)12-9-5-2-6-10-12;10-12-11-7-3-5-1-2-6(13)4-8(5)15-9(7)14;7-9-8-6-4-2-1-3-5-6;/h10,12-13,15-18,22-23H,7-9,11,14,19-21H2,1-6H3,(H-,36,41,42,43,44);19,23-24H,1-18,22H2,(H,25,28)(H,29,30)(H2,31,32,33);11-12H,1-10H2;1-4,13H;6H,1-5H2;/q;;;;;+2/p+1/i;;;;;1+0. The van der Waals surface area contributed by atoms with Crippen LogP contribution in [0.4, 0.5) is 17.1 Å². The van der Waals surface area contributed by atoms with Crippen LogP contribution in [-0.4, -0.2) is 181 Å². The van der Waals surface area contributed by atoms with Gasteiger partial charge in [0.2, 0.25) is 17.5 Å². The quantitative estimate of drug-likeness (QED) is 0.00290. The van der Waals surface area contributed by atoms with E-state index >= 15 is 0 Å². The number of aryl methyl sites for hydroxylation is 1. The van der Waals surface area contributed by atoms with Gasteiger partial charge in [-0.05, 0) is 188 Å². The number of nitrogens with two attached hydrogens (primary N) is 1. The smallest absolute Gasteiger partial charge is 0.508 e. The number of carboxylic acid groups (broad SMARTS) is 1. The summed E-state index contributed by atoms with van der Waals surface area (Å²) in [4.78, 5) is 79.7. The van der Waals surface area contributed by atoms with Gasteiger partial charge in [-0.3, -0.25) is 33.3 Å². The minimum Gasteiger partial charge on any atom is -0.508 e. The average Bonchev–Trinajstić information content (AvgIpc) is 1.59. The van der Waals surface area contributed by atoms with Gasteiger partial charge in [0.05, 0.1) is 10.3 Å². The maximum atomic E-state index is 12.2. The Balaban J connectivity index is 0.000000292. The van der Waals surface area contributed by atoms with Crippen molar-refractivity contribution in [2.24, 2.45) is 32.9 Å². The Bertz CT molecular complexity index is 4220. The molecule has 3 saturated carbocycles. The molecule has 11 N–H and O–H groups in total. The van der Waals surface area contributed by atoms with Crippen molar-refractivity contribution in [3.05, 3.63) is 143 Å². The number of phenols is 1. The number of rotatable bonds is 28. The molecule has 2 amide bonds. The van der Waals surface area contributed by atoms with Gasteiger partial charge < -0.3 is 56.3 Å². The largest absolute Gasteiger partial charge is 2.00 e. The van der Waals surface area contributed by atoms with Gasteiger partial charge in [0.25, 0.3) is 10.1 Å². The maximum absolute atomic E-state index is 12.2. The van der Waals surface area contributed by atoms with Crippen LogP contribution in [0.15, 0.2) is 114 Å². The number of aliphatic carboxylic acids is 1. The molecule has 6 aliphatic rings. The molecule has 1 aromatic heterocycles. The molecule has 0 bridgehead atoms. The van der Waals surface area contributed by atoms with E-state index in [1.165, 1.54) is 105 Å². The first-order chi connectivity index (χ1) is 55.0. The van der Waals surface area contributed by atoms with Crippen LogP contribution in [0.2, 0.25) is 0 Å². The van der Waals surface area contributed by atoms with Gasteiger partial charge >= 0.3 is 36.3 Å². The van der Waals surface area contributed by atoms with E-state index in [0.717, 1.165) is 86.7 Å². The predicted molar refractivity (Wildman–Crippen MR) is 453 cm³/mol. The van der Waals surface area contributed by atoms with Crippen LogP contribution in [0.3, 0.4) is 0 Å². The van der Waals surface area contributed by atoms with Crippen LogP contribution in [0.25, 0.3) is 42.3 Å². The van der Waals surface area contributed by atoms with E-state index in [1.54, 1.807) is 48.8 Å². The van der Waals surface area contributed by atoms with Crippen LogP contribution in [0.5, 0.6) is 5.75 Å². The number of hydrogen-bond acceptors (Lipinski definition) is 18. The number of azide groups is 3. The molecular weight excluding hydrogens is 1570 g/mol. The fourth-order valence-corrected chi connectivity index (χ4v) is 17.5. The number of phenolic OH excluding ortho intramolecular Hbond substituents is 1. The monoisotopic (exact) mass is 1700 g/mol. The van der Waals surface area contributed by atoms with Crippen LogP contribution in [0.1, 0.15) is 218 Å². The van der Waals surface area contributed by atoms with Gasteiger partial charge in [-0.1, -0.05) is 143 Å². The molecule has 0 spiro atoms. The Labute approximate surface area is 695 Å². The number of anilines is 1. The topological polar surface area (TPSA) is 467 Å². The maximum Gasteiger partial charge on any atom is 2.00 e. The predicted octanol–water partition coefficient (Wildman–Crippen LogP) is 15.3. The van der Waals surface area contributed by atoms with E-state index in [0.29, 0.717) is 128 Å². The van der Waals surface area contributed by atoms with E-state index in [-0.39, 0.29) is 62.5 Å². The zero-order chi connectivity index (χ0) is 83.8. The van der Waals surface area contributed by atoms with Gasteiger partial charge in [-0.15, -0.1) is 0 Å². The SMILES string of the molecule is C1CCC(C2CCCCC2)CC1.Cc1ccc2c(c1)C(C)(C)C(=CC=CC1=[N+](C)c3ccc(S(=O)(=O)O)cc3C1(C)C)N2CCCCCC(=O)NCCCN=[N+]=[N-].NCCCC(=O)NCCCCC(C(=O)O)N1CCCNCCN(CP(=O)(O)O)CCCNCC1.[64Cu+2].[N-]=[N+]=NC1CCCCC1.[N-]=[N+]=Nc1cc2ccc(O)cc2oc1=O. The minimum absolute atomic E-state index is 0. The van der Waals surface area contributed by atoms with Crippen molar-refractivity contribution in [3.8, 4) is 5.75 Å². The summed E-state index contributed by atoms with van der Waals surface area (Å²) < 4.78 is 51.5. The van der Waals surface area contributed by atoms with Crippen LogP contribution >= 0.6 is 7.60 Å².